The van der Waals surface area contributed by atoms with Gasteiger partial charge in [0.1, 0.15) is 0 Å². The Morgan fingerprint density at radius 3 is 1.09 bits per heavy atom. The summed E-state index contributed by atoms with van der Waals surface area (Å²) in [5.74, 6) is 0.630. The molecule has 0 heterocycles. The number of hydrogen-bond donors (Lipinski definition) is 1. The van der Waals surface area contributed by atoms with Crippen LogP contribution in [0.25, 0.3) is 0 Å². The summed E-state index contributed by atoms with van der Waals surface area (Å²) < 4.78 is 0. The predicted octanol–water partition coefficient (Wildman–Crippen LogP) is 3.43. The van der Waals surface area contributed by atoms with E-state index in [9.17, 15) is 0 Å². The standard InChI is InChI=1S/C5H13N.C3H8.C2H6/c1-4(2)5(3)6;1-3-2;1-2/h4-5H,6H2,1-3H3;3H2,1-2H3;1-2H3. The molecule has 0 aromatic rings. The molecule has 2 N–H and O–H groups in total. The van der Waals surface area contributed by atoms with Crippen LogP contribution >= 0.6 is 0 Å². The number of nitrogens with two attached hydrogens (primary N) is 1. The molecule has 0 fully saturated rings. The molecule has 0 saturated carbocycles. The maximum atomic E-state index is 5.44. The van der Waals surface area contributed by atoms with E-state index in [-0.39, 0.29) is 0 Å². The average molecular weight is 161 g/mol. The Morgan fingerprint density at radius 2 is 1.09 bits per heavy atom. The fourth-order valence-corrected chi connectivity index (χ4v) is 0. The van der Waals surface area contributed by atoms with Gasteiger partial charge in [-0.2, -0.15) is 0 Å². The Bertz CT molecular complexity index is 34.1. The van der Waals surface area contributed by atoms with Gasteiger partial charge in [-0.15, -0.1) is 0 Å². The zero-order valence-electron chi connectivity index (χ0n) is 9.44. The summed E-state index contributed by atoms with van der Waals surface area (Å²) in [6.07, 6.45) is 1.25. The van der Waals surface area contributed by atoms with E-state index in [0.29, 0.717) is 12.0 Å². The van der Waals surface area contributed by atoms with Crippen molar-refractivity contribution in [3.8, 4) is 0 Å². The molecule has 0 rings (SSSR count). The number of rotatable bonds is 1. The van der Waals surface area contributed by atoms with Crippen molar-refractivity contribution in [2.45, 2.75) is 60.9 Å². The molecule has 1 nitrogen and oxygen atoms in total. The van der Waals surface area contributed by atoms with Crippen molar-refractivity contribution in [2.75, 3.05) is 0 Å². The minimum atomic E-state index is 0.352. The molecule has 0 aliphatic carbocycles. The van der Waals surface area contributed by atoms with Crippen molar-refractivity contribution in [2.24, 2.45) is 11.7 Å². The number of hydrogen-bond acceptors (Lipinski definition) is 1. The van der Waals surface area contributed by atoms with Crippen molar-refractivity contribution < 1.29 is 0 Å². The molecule has 0 bridgehead atoms. The van der Waals surface area contributed by atoms with Crippen LogP contribution in [0.1, 0.15) is 54.9 Å². The Hall–Kier alpha value is -0.0400. The van der Waals surface area contributed by atoms with Crippen LogP contribution in [0.3, 0.4) is 0 Å². The second-order valence-corrected chi connectivity index (χ2v) is 2.81. The normalized spacial score (nSPS) is 10.6. The molecule has 11 heavy (non-hydrogen) atoms. The molecular weight excluding hydrogens is 134 g/mol. The quantitative estimate of drug-likeness (QED) is 0.626. The van der Waals surface area contributed by atoms with E-state index >= 15 is 0 Å². The van der Waals surface area contributed by atoms with Gasteiger partial charge in [0.2, 0.25) is 0 Å². The summed E-state index contributed by atoms with van der Waals surface area (Å²) in [7, 11) is 0. The van der Waals surface area contributed by atoms with Gasteiger partial charge in [0.25, 0.3) is 0 Å². The third kappa shape index (κ3) is 40.2. The molecule has 0 radical (unpaired) electrons. The Labute approximate surface area is 73.4 Å². The summed E-state index contributed by atoms with van der Waals surface area (Å²) in [5, 5.41) is 0. The van der Waals surface area contributed by atoms with E-state index in [1.54, 1.807) is 0 Å². The van der Waals surface area contributed by atoms with Gasteiger partial charge < -0.3 is 5.73 Å². The lowest BCUT2D eigenvalue weighted by Gasteiger charge is -2.05. The topological polar surface area (TPSA) is 26.0 Å². The minimum Gasteiger partial charge on any atom is -0.328 e. The molecule has 1 heteroatoms. The summed E-state index contributed by atoms with van der Waals surface area (Å²) in [6.45, 7) is 14.5. The molecule has 0 aromatic carbocycles. The van der Waals surface area contributed by atoms with Gasteiger partial charge in [-0.1, -0.05) is 48.0 Å². The lowest BCUT2D eigenvalue weighted by molar-refractivity contribution is 0.529. The molecular formula is C10H27N. The van der Waals surface area contributed by atoms with Crippen LogP contribution in [0.15, 0.2) is 0 Å². The SMILES string of the molecule is CC.CC(C)C(C)N.CCC. The highest BCUT2D eigenvalue weighted by Crippen LogP contribution is 1.93. The van der Waals surface area contributed by atoms with Crippen LogP contribution in [0.5, 0.6) is 0 Å². The maximum absolute atomic E-state index is 5.44. The Kier molecular flexibility index (Phi) is 25.7. The van der Waals surface area contributed by atoms with Crippen molar-refractivity contribution in [1.29, 1.82) is 0 Å². The van der Waals surface area contributed by atoms with Crippen LogP contribution in [-0.4, -0.2) is 6.04 Å². The van der Waals surface area contributed by atoms with E-state index in [1.165, 1.54) is 6.42 Å². The molecule has 1 atom stereocenters. The van der Waals surface area contributed by atoms with Crippen LogP contribution in [-0.2, 0) is 0 Å². The summed E-state index contributed by atoms with van der Waals surface area (Å²) in [5.41, 5.74) is 5.44. The molecule has 72 valence electrons. The Balaban J connectivity index is -0.000000109. The van der Waals surface area contributed by atoms with Gasteiger partial charge in [-0.05, 0) is 12.8 Å². The van der Waals surface area contributed by atoms with Crippen LogP contribution in [0, 0.1) is 5.92 Å². The van der Waals surface area contributed by atoms with Crippen LogP contribution in [0.2, 0.25) is 0 Å². The third-order valence-corrected chi connectivity index (χ3v) is 1.05. The second kappa shape index (κ2) is 16.5. The van der Waals surface area contributed by atoms with Crippen LogP contribution < -0.4 is 5.73 Å². The van der Waals surface area contributed by atoms with Crippen molar-refractivity contribution >= 4 is 0 Å². The Morgan fingerprint density at radius 1 is 1.00 bits per heavy atom. The van der Waals surface area contributed by atoms with Gasteiger partial charge in [-0.3, -0.25) is 0 Å². The van der Waals surface area contributed by atoms with Gasteiger partial charge in [0.05, 0.1) is 0 Å². The van der Waals surface area contributed by atoms with Gasteiger partial charge in [-0.25, -0.2) is 0 Å². The lowest BCUT2D eigenvalue weighted by Crippen LogP contribution is -2.21. The third-order valence-electron chi connectivity index (χ3n) is 1.05. The molecule has 0 saturated heterocycles. The smallest absolute Gasteiger partial charge is 0.00334 e. The average Bonchev–Trinajstić information content (AvgIpc) is 1.93. The first-order valence-corrected chi connectivity index (χ1v) is 4.81. The molecule has 0 aliphatic heterocycles. The van der Waals surface area contributed by atoms with Crippen LogP contribution in [0.4, 0.5) is 0 Å². The van der Waals surface area contributed by atoms with E-state index in [1.807, 2.05) is 20.8 Å². The zero-order chi connectivity index (χ0) is 9.86. The summed E-state index contributed by atoms with van der Waals surface area (Å²) in [4.78, 5) is 0. The molecule has 0 aliphatic rings. The first-order valence-electron chi connectivity index (χ1n) is 4.81. The van der Waals surface area contributed by atoms with E-state index < -0.39 is 0 Å². The second-order valence-electron chi connectivity index (χ2n) is 2.81. The summed E-state index contributed by atoms with van der Waals surface area (Å²) >= 11 is 0. The highest BCUT2D eigenvalue weighted by Gasteiger charge is 1.95. The maximum Gasteiger partial charge on any atom is 0.00334 e. The van der Waals surface area contributed by atoms with Gasteiger partial charge in [0.15, 0.2) is 0 Å². The molecule has 0 amide bonds. The largest absolute Gasteiger partial charge is 0.328 e. The highest BCUT2D eigenvalue weighted by molar-refractivity contribution is 4.55. The fourth-order valence-electron chi connectivity index (χ4n) is 0. The van der Waals surface area contributed by atoms with Crippen molar-refractivity contribution in [1.82, 2.24) is 0 Å². The van der Waals surface area contributed by atoms with Crippen molar-refractivity contribution in [3.05, 3.63) is 0 Å². The zero-order valence-corrected chi connectivity index (χ0v) is 9.44. The van der Waals surface area contributed by atoms with Gasteiger partial charge >= 0.3 is 0 Å². The van der Waals surface area contributed by atoms with Gasteiger partial charge in [0, 0.05) is 6.04 Å². The van der Waals surface area contributed by atoms with E-state index in [2.05, 4.69) is 27.7 Å². The minimum absolute atomic E-state index is 0.352. The van der Waals surface area contributed by atoms with E-state index in [4.69, 9.17) is 5.73 Å². The fraction of sp³-hybridized carbons (Fsp3) is 1.00. The highest BCUT2D eigenvalue weighted by atomic mass is 14.6. The monoisotopic (exact) mass is 161 g/mol. The molecule has 0 spiro atoms. The van der Waals surface area contributed by atoms with E-state index in [0.717, 1.165) is 0 Å². The first-order chi connectivity index (χ1) is 5.06. The summed E-state index contributed by atoms with van der Waals surface area (Å²) in [6, 6.07) is 0.352. The predicted molar refractivity (Wildman–Crippen MR) is 55.8 cm³/mol. The first kappa shape index (κ1) is 17.2. The molecule has 1 unspecified atom stereocenters. The lowest BCUT2D eigenvalue weighted by atomic mass is 10.1. The molecule has 0 aromatic heterocycles. The van der Waals surface area contributed by atoms with Crippen molar-refractivity contribution in [3.63, 3.8) is 0 Å².